The lowest BCUT2D eigenvalue weighted by atomic mass is 10.1. The van der Waals surface area contributed by atoms with Crippen molar-refractivity contribution >= 4 is 28.8 Å². The van der Waals surface area contributed by atoms with Crippen LogP contribution in [0.5, 0.6) is 0 Å². The molecule has 0 spiro atoms. The molecule has 0 unspecified atom stereocenters. The molecule has 0 radical (unpaired) electrons. The number of nitrogens with one attached hydrogen (secondary N) is 3. The molecule has 1 atom stereocenters. The van der Waals surface area contributed by atoms with E-state index in [4.69, 9.17) is 0 Å². The highest BCUT2D eigenvalue weighted by molar-refractivity contribution is 7.10. The standard InChI is InChI=1S/C21H21N3O2S/c1-22-21(26)16-9-11-17(12-10-16)24-19(25)14-23-20(18-8-5-13-27-18)15-6-3-2-4-7-15/h2-13,20,23H,14H2,1H3,(H,22,26)(H,24,25)/t20-/m0/s1. The largest absolute Gasteiger partial charge is 0.355 e. The number of rotatable bonds is 7. The lowest BCUT2D eigenvalue weighted by Crippen LogP contribution is -2.31. The summed E-state index contributed by atoms with van der Waals surface area (Å²) in [5.41, 5.74) is 2.32. The molecule has 1 heterocycles. The zero-order valence-corrected chi connectivity index (χ0v) is 15.8. The zero-order valence-electron chi connectivity index (χ0n) is 14.9. The maximum atomic E-state index is 12.3. The number of thiophene rings is 1. The molecule has 0 saturated heterocycles. The highest BCUT2D eigenvalue weighted by atomic mass is 32.1. The lowest BCUT2D eigenvalue weighted by Gasteiger charge is -2.18. The van der Waals surface area contributed by atoms with Crippen molar-refractivity contribution in [1.29, 1.82) is 0 Å². The maximum Gasteiger partial charge on any atom is 0.251 e. The molecule has 138 valence electrons. The van der Waals surface area contributed by atoms with Crippen molar-refractivity contribution < 1.29 is 9.59 Å². The first kappa shape index (κ1) is 18.8. The van der Waals surface area contributed by atoms with Gasteiger partial charge in [0.05, 0.1) is 12.6 Å². The van der Waals surface area contributed by atoms with Gasteiger partial charge in [0, 0.05) is 23.2 Å². The summed E-state index contributed by atoms with van der Waals surface area (Å²) in [6.45, 7) is 0.175. The molecule has 0 aliphatic rings. The lowest BCUT2D eigenvalue weighted by molar-refractivity contribution is -0.115. The zero-order chi connectivity index (χ0) is 19.1. The van der Waals surface area contributed by atoms with E-state index in [1.807, 2.05) is 41.8 Å². The molecule has 3 aromatic rings. The third-order valence-corrected chi connectivity index (χ3v) is 5.02. The molecular weight excluding hydrogens is 358 g/mol. The predicted octanol–water partition coefficient (Wildman–Crippen LogP) is 3.43. The summed E-state index contributed by atoms with van der Waals surface area (Å²) in [5.74, 6) is -0.295. The van der Waals surface area contributed by atoms with Gasteiger partial charge in [-0.2, -0.15) is 0 Å². The van der Waals surface area contributed by atoms with E-state index in [-0.39, 0.29) is 24.4 Å². The topological polar surface area (TPSA) is 70.2 Å². The van der Waals surface area contributed by atoms with Crippen molar-refractivity contribution in [3.05, 3.63) is 88.1 Å². The average Bonchev–Trinajstić information content (AvgIpc) is 3.23. The Morgan fingerprint density at radius 1 is 0.963 bits per heavy atom. The SMILES string of the molecule is CNC(=O)c1ccc(NC(=O)CN[C@@H](c2ccccc2)c2cccs2)cc1. The second kappa shape index (κ2) is 9.12. The Morgan fingerprint density at radius 3 is 2.33 bits per heavy atom. The van der Waals surface area contributed by atoms with Gasteiger partial charge in [0.1, 0.15) is 0 Å². The Balaban J connectivity index is 1.62. The fraction of sp³-hybridized carbons (Fsp3) is 0.143. The number of carbonyl (C=O) groups excluding carboxylic acids is 2. The molecule has 0 saturated carbocycles. The second-order valence-corrected chi connectivity index (χ2v) is 6.92. The predicted molar refractivity (Wildman–Crippen MR) is 109 cm³/mol. The fourth-order valence-electron chi connectivity index (χ4n) is 2.73. The fourth-order valence-corrected chi connectivity index (χ4v) is 3.56. The molecule has 0 bridgehead atoms. The third kappa shape index (κ3) is 5.03. The first-order valence-corrected chi connectivity index (χ1v) is 9.49. The summed E-state index contributed by atoms with van der Waals surface area (Å²) in [5, 5.41) is 10.8. The van der Waals surface area contributed by atoms with Crippen LogP contribution >= 0.6 is 11.3 Å². The van der Waals surface area contributed by atoms with Crippen molar-refractivity contribution in [2.75, 3.05) is 18.9 Å². The van der Waals surface area contributed by atoms with E-state index in [2.05, 4.69) is 22.0 Å². The molecule has 5 nitrogen and oxygen atoms in total. The minimum absolute atomic E-state index is 0.0347. The van der Waals surface area contributed by atoms with Crippen LogP contribution in [0.4, 0.5) is 5.69 Å². The number of benzene rings is 2. The summed E-state index contributed by atoms with van der Waals surface area (Å²) >= 11 is 1.66. The minimum Gasteiger partial charge on any atom is -0.355 e. The van der Waals surface area contributed by atoms with Crippen LogP contribution in [-0.2, 0) is 4.79 Å². The molecule has 27 heavy (non-hydrogen) atoms. The van der Waals surface area contributed by atoms with Crippen LogP contribution in [0.1, 0.15) is 26.8 Å². The van der Waals surface area contributed by atoms with E-state index >= 15 is 0 Å². The van der Waals surface area contributed by atoms with Crippen LogP contribution in [-0.4, -0.2) is 25.4 Å². The van der Waals surface area contributed by atoms with Crippen molar-refractivity contribution in [2.45, 2.75) is 6.04 Å². The quantitative estimate of drug-likeness (QED) is 0.589. The molecule has 2 aromatic carbocycles. The van der Waals surface area contributed by atoms with Crippen molar-refractivity contribution in [2.24, 2.45) is 0 Å². The Kier molecular flexibility index (Phi) is 6.35. The van der Waals surface area contributed by atoms with Crippen molar-refractivity contribution in [3.63, 3.8) is 0 Å². The summed E-state index contributed by atoms with van der Waals surface area (Å²) in [6, 6.07) is 20.9. The van der Waals surface area contributed by atoms with E-state index in [1.54, 1.807) is 42.6 Å². The van der Waals surface area contributed by atoms with Crippen LogP contribution in [0, 0.1) is 0 Å². The average molecular weight is 379 g/mol. The van der Waals surface area contributed by atoms with Gasteiger partial charge < -0.3 is 10.6 Å². The molecule has 6 heteroatoms. The molecule has 0 fully saturated rings. The summed E-state index contributed by atoms with van der Waals surface area (Å²) in [4.78, 5) is 25.1. The molecule has 1 aromatic heterocycles. The van der Waals surface area contributed by atoms with Gasteiger partial charge in [-0.05, 0) is 41.3 Å². The summed E-state index contributed by atoms with van der Waals surface area (Å²) in [7, 11) is 1.58. The van der Waals surface area contributed by atoms with E-state index in [0.29, 0.717) is 11.3 Å². The van der Waals surface area contributed by atoms with E-state index in [1.165, 1.54) is 0 Å². The Bertz CT molecular complexity index is 878. The molecule has 0 aliphatic heterocycles. The first-order chi connectivity index (χ1) is 13.2. The first-order valence-electron chi connectivity index (χ1n) is 8.61. The highest BCUT2D eigenvalue weighted by Gasteiger charge is 2.16. The van der Waals surface area contributed by atoms with E-state index < -0.39 is 0 Å². The van der Waals surface area contributed by atoms with Crippen LogP contribution in [0.3, 0.4) is 0 Å². The van der Waals surface area contributed by atoms with Crippen LogP contribution in [0.25, 0.3) is 0 Å². The number of amides is 2. The number of anilines is 1. The molecule has 3 N–H and O–H groups in total. The van der Waals surface area contributed by atoms with Crippen LogP contribution < -0.4 is 16.0 Å². The van der Waals surface area contributed by atoms with Crippen molar-refractivity contribution in [3.8, 4) is 0 Å². The van der Waals surface area contributed by atoms with Gasteiger partial charge in [-0.25, -0.2) is 0 Å². The smallest absolute Gasteiger partial charge is 0.251 e. The monoisotopic (exact) mass is 379 g/mol. The molecule has 2 amide bonds. The molecular formula is C21H21N3O2S. The van der Waals surface area contributed by atoms with Crippen LogP contribution in [0.15, 0.2) is 72.1 Å². The van der Waals surface area contributed by atoms with E-state index in [0.717, 1.165) is 10.4 Å². The Hall–Kier alpha value is -2.96. The Labute approximate surface area is 162 Å². The van der Waals surface area contributed by atoms with E-state index in [9.17, 15) is 9.59 Å². The number of hydrogen-bond acceptors (Lipinski definition) is 4. The third-order valence-electron chi connectivity index (χ3n) is 4.09. The number of hydrogen-bond donors (Lipinski definition) is 3. The number of carbonyl (C=O) groups is 2. The maximum absolute atomic E-state index is 12.3. The minimum atomic E-state index is -0.156. The molecule has 0 aliphatic carbocycles. The van der Waals surface area contributed by atoms with Gasteiger partial charge in [0.2, 0.25) is 5.91 Å². The normalized spacial score (nSPS) is 11.6. The van der Waals surface area contributed by atoms with Gasteiger partial charge in [-0.1, -0.05) is 36.4 Å². The van der Waals surface area contributed by atoms with Gasteiger partial charge in [0.15, 0.2) is 0 Å². The van der Waals surface area contributed by atoms with Gasteiger partial charge in [0.25, 0.3) is 5.91 Å². The Morgan fingerprint density at radius 2 is 1.70 bits per heavy atom. The highest BCUT2D eigenvalue weighted by Crippen LogP contribution is 2.25. The van der Waals surface area contributed by atoms with Crippen molar-refractivity contribution in [1.82, 2.24) is 10.6 Å². The summed E-state index contributed by atoms with van der Waals surface area (Å²) in [6.07, 6.45) is 0. The summed E-state index contributed by atoms with van der Waals surface area (Å²) < 4.78 is 0. The van der Waals surface area contributed by atoms with Gasteiger partial charge in [-0.3, -0.25) is 14.9 Å². The second-order valence-electron chi connectivity index (χ2n) is 5.94. The van der Waals surface area contributed by atoms with Gasteiger partial charge >= 0.3 is 0 Å². The van der Waals surface area contributed by atoms with Gasteiger partial charge in [-0.15, -0.1) is 11.3 Å². The molecule has 3 rings (SSSR count). The van der Waals surface area contributed by atoms with Crippen LogP contribution in [0.2, 0.25) is 0 Å².